The summed E-state index contributed by atoms with van der Waals surface area (Å²) in [6.45, 7) is 3.48. The van der Waals surface area contributed by atoms with Gasteiger partial charge in [0, 0.05) is 11.6 Å². The molecule has 0 amide bonds. The van der Waals surface area contributed by atoms with Crippen LogP contribution in [0.25, 0.3) is 22.4 Å². The second-order valence-corrected chi connectivity index (χ2v) is 7.67. The summed E-state index contributed by atoms with van der Waals surface area (Å²) in [5.41, 5.74) is 4.15. The monoisotopic (exact) mass is 488 g/mol. The van der Waals surface area contributed by atoms with Crippen LogP contribution in [0.3, 0.4) is 0 Å². The summed E-state index contributed by atoms with van der Waals surface area (Å²) < 4.78 is 3.02. The van der Waals surface area contributed by atoms with E-state index in [-0.39, 0.29) is 47.1 Å². The highest BCUT2D eigenvalue weighted by molar-refractivity contribution is 6.30. The molecule has 0 radical (unpaired) electrons. The zero-order chi connectivity index (χ0) is 20.8. The van der Waals surface area contributed by atoms with Crippen LogP contribution in [0.15, 0.2) is 47.3 Å². The van der Waals surface area contributed by atoms with E-state index in [4.69, 9.17) is 11.6 Å². The van der Waals surface area contributed by atoms with Crippen LogP contribution in [0.2, 0.25) is 5.02 Å². The molecule has 0 aliphatic carbocycles. The molecule has 0 bridgehead atoms. The molecule has 0 saturated heterocycles. The first-order valence-electron chi connectivity index (χ1n) is 9.58. The number of hydrogen-bond acceptors (Lipinski definition) is 5. The van der Waals surface area contributed by atoms with E-state index in [0.29, 0.717) is 16.5 Å². The number of halogens is 3. The Morgan fingerprint density at radius 1 is 1.12 bits per heavy atom. The van der Waals surface area contributed by atoms with Gasteiger partial charge in [0.15, 0.2) is 11.2 Å². The number of nitrogens with zero attached hydrogens (tertiary/aromatic N) is 5. The standard InChI is InChI=1S/C22H17ClN6O.2ClH/c1-13-26-20-19(11-24)27-29(18-4-2-3-16(23)10-18)21(20)22(30)28(13)17-6-5-14-7-8-25-12-15(14)9-17;;/h2-6,9-10,25H,7-8,12H2,1H3;2*1H. The van der Waals surface area contributed by atoms with E-state index in [1.165, 1.54) is 15.8 Å². The summed E-state index contributed by atoms with van der Waals surface area (Å²) in [6, 6.07) is 15.1. The molecule has 4 aromatic rings. The number of nitrogens with one attached hydrogen (secondary N) is 1. The van der Waals surface area contributed by atoms with Gasteiger partial charge in [-0.1, -0.05) is 23.7 Å². The molecule has 10 heteroatoms. The van der Waals surface area contributed by atoms with Crippen LogP contribution in [0.5, 0.6) is 0 Å². The normalized spacial score (nSPS) is 12.4. The van der Waals surface area contributed by atoms with Crippen molar-refractivity contribution in [2.75, 3.05) is 6.54 Å². The summed E-state index contributed by atoms with van der Waals surface area (Å²) in [6.07, 6.45) is 0.966. The largest absolute Gasteiger partial charge is 0.312 e. The Balaban J connectivity index is 0.00000144. The number of aryl methyl sites for hydroxylation is 1. The summed E-state index contributed by atoms with van der Waals surface area (Å²) in [5.74, 6) is 0.498. The zero-order valence-corrected chi connectivity index (χ0v) is 19.4. The highest BCUT2D eigenvalue weighted by Crippen LogP contribution is 2.23. The van der Waals surface area contributed by atoms with E-state index in [1.807, 2.05) is 18.2 Å². The molecule has 0 unspecified atom stereocenters. The molecule has 32 heavy (non-hydrogen) atoms. The molecule has 0 saturated carbocycles. The van der Waals surface area contributed by atoms with Gasteiger partial charge >= 0.3 is 0 Å². The molecule has 3 heterocycles. The number of fused-ring (bicyclic) bond motifs is 2. The van der Waals surface area contributed by atoms with Crippen LogP contribution < -0.4 is 10.9 Å². The first-order valence-corrected chi connectivity index (χ1v) is 9.96. The Kier molecular flexibility index (Phi) is 6.91. The molecule has 1 N–H and O–H groups in total. The van der Waals surface area contributed by atoms with Gasteiger partial charge in [0.1, 0.15) is 17.4 Å². The molecule has 1 aliphatic rings. The molecule has 2 aromatic carbocycles. The quantitative estimate of drug-likeness (QED) is 0.461. The smallest absolute Gasteiger partial charge is 0.284 e. The van der Waals surface area contributed by atoms with Crippen LogP contribution in [-0.4, -0.2) is 25.9 Å². The lowest BCUT2D eigenvalue weighted by Gasteiger charge is -2.19. The Bertz CT molecular complexity index is 1420. The summed E-state index contributed by atoms with van der Waals surface area (Å²) in [5, 5.41) is 17.8. The fourth-order valence-corrected chi connectivity index (χ4v) is 4.14. The minimum Gasteiger partial charge on any atom is -0.312 e. The third kappa shape index (κ3) is 3.87. The lowest BCUT2D eigenvalue weighted by atomic mass is 10.0. The predicted molar refractivity (Wildman–Crippen MR) is 129 cm³/mol. The molecule has 7 nitrogen and oxygen atoms in total. The van der Waals surface area contributed by atoms with E-state index in [9.17, 15) is 10.1 Å². The van der Waals surface area contributed by atoms with Crippen molar-refractivity contribution in [3.8, 4) is 17.4 Å². The van der Waals surface area contributed by atoms with Crippen LogP contribution >= 0.6 is 36.4 Å². The molecule has 164 valence electrons. The summed E-state index contributed by atoms with van der Waals surface area (Å²) in [4.78, 5) is 18.2. The van der Waals surface area contributed by atoms with Gasteiger partial charge in [0.25, 0.3) is 5.56 Å². The van der Waals surface area contributed by atoms with Crippen LogP contribution in [0, 0.1) is 18.3 Å². The van der Waals surface area contributed by atoms with Crippen molar-refractivity contribution in [3.05, 3.63) is 80.5 Å². The first-order chi connectivity index (χ1) is 14.6. The van der Waals surface area contributed by atoms with Crippen LogP contribution in [0.4, 0.5) is 0 Å². The minimum absolute atomic E-state index is 0. The molecular weight excluding hydrogens is 471 g/mol. The van der Waals surface area contributed by atoms with Gasteiger partial charge < -0.3 is 5.32 Å². The lowest BCUT2D eigenvalue weighted by Crippen LogP contribution is -2.26. The lowest BCUT2D eigenvalue weighted by molar-refractivity contribution is 0.643. The minimum atomic E-state index is -0.282. The van der Waals surface area contributed by atoms with Gasteiger partial charge in [-0.2, -0.15) is 10.4 Å². The molecule has 0 fully saturated rings. The third-order valence-electron chi connectivity index (χ3n) is 5.36. The highest BCUT2D eigenvalue weighted by atomic mass is 35.5. The molecule has 2 aromatic heterocycles. The molecule has 0 atom stereocenters. The molecular formula is C22H19Cl3N6O. The van der Waals surface area contributed by atoms with Gasteiger partial charge in [-0.3, -0.25) is 9.36 Å². The molecule has 5 rings (SSSR count). The molecule has 0 spiro atoms. The summed E-state index contributed by atoms with van der Waals surface area (Å²) in [7, 11) is 0. The summed E-state index contributed by atoms with van der Waals surface area (Å²) >= 11 is 6.14. The van der Waals surface area contributed by atoms with E-state index in [2.05, 4.69) is 21.5 Å². The Morgan fingerprint density at radius 3 is 2.69 bits per heavy atom. The maximum atomic E-state index is 13.6. The number of hydrogen-bond donors (Lipinski definition) is 1. The van der Waals surface area contributed by atoms with E-state index in [1.54, 1.807) is 35.8 Å². The Labute approximate surface area is 201 Å². The van der Waals surface area contributed by atoms with Crippen molar-refractivity contribution in [1.82, 2.24) is 24.6 Å². The van der Waals surface area contributed by atoms with Crippen molar-refractivity contribution in [3.63, 3.8) is 0 Å². The van der Waals surface area contributed by atoms with Crippen molar-refractivity contribution in [2.45, 2.75) is 19.9 Å². The van der Waals surface area contributed by atoms with Gasteiger partial charge in [-0.05, 0) is 61.3 Å². The predicted octanol–water partition coefficient (Wildman–Crippen LogP) is 3.89. The SMILES string of the molecule is Cc1nc2c(C#N)nn(-c3cccc(Cl)c3)c2c(=O)n1-c1ccc2c(c1)CNCC2.Cl.Cl. The fraction of sp³-hybridized carbons (Fsp3) is 0.182. The maximum Gasteiger partial charge on any atom is 0.284 e. The first kappa shape index (κ1) is 23.8. The molecule has 1 aliphatic heterocycles. The third-order valence-corrected chi connectivity index (χ3v) is 5.59. The second kappa shape index (κ2) is 9.31. The Hall–Kier alpha value is -2.89. The van der Waals surface area contributed by atoms with Crippen molar-refractivity contribution >= 4 is 47.4 Å². The van der Waals surface area contributed by atoms with Crippen molar-refractivity contribution < 1.29 is 0 Å². The Morgan fingerprint density at radius 2 is 1.94 bits per heavy atom. The van der Waals surface area contributed by atoms with Gasteiger partial charge in [0.05, 0.1) is 11.4 Å². The van der Waals surface area contributed by atoms with Crippen LogP contribution in [-0.2, 0) is 13.0 Å². The number of aromatic nitrogens is 4. The van der Waals surface area contributed by atoms with Crippen LogP contribution in [0.1, 0.15) is 22.6 Å². The topological polar surface area (TPSA) is 88.5 Å². The fourth-order valence-electron chi connectivity index (χ4n) is 3.95. The van der Waals surface area contributed by atoms with E-state index >= 15 is 0 Å². The average Bonchev–Trinajstić information content (AvgIpc) is 3.12. The van der Waals surface area contributed by atoms with Gasteiger partial charge in [0.2, 0.25) is 0 Å². The maximum absolute atomic E-state index is 13.6. The van der Waals surface area contributed by atoms with Crippen molar-refractivity contribution in [1.29, 1.82) is 5.26 Å². The number of benzene rings is 2. The van der Waals surface area contributed by atoms with Gasteiger partial charge in [-0.15, -0.1) is 24.8 Å². The van der Waals surface area contributed by atoms with E-state index in [0.717, 1.165) is 25.2 Å². The van der Waals surface area contributed by atoms with E-state index < -0.39 is 0 Å². The number of nitriles is 1. The average molecular weight is 490 g/mol. The second-order valence-electron chi connectivity index (χ2n) is 7.23. The van der Waals surface area contributed by atoms with Gasteiger partial charge in [-0.25, -0.2) is 9.67 Å². The number of rotatable bonds is 2. The van der Waals surface area contributed by atoms with Crippen molar-refractivity contribution in [2.24, 2.45) is 0 Å². The highest BCUT2D eigenvalue weighted by Gasteiger charge is 2.21. The zero-order valence-electron chi connectivity index (χ0n) is 17.0.